The van der Waals surface area contributed by atoms with Crippen molar-refractivity contribution in [3.63, 3.8) is 0 Å². The van der Waals surface area contributed by atoms with E-state index in [-0.39, 0.29) is 11.7 Å². The normalized spacial score (nSPS) is 12.8. The van der Waals surface area contributed by atoms with Crippen LogP contribution >= 0.6 is 11.3 Å². The first kappa shape index (κ1) is 12.9. The van der Waals surface area contributed by atoms with Crippen LogP contribution in [0.2, 0.25) is 0 Å². The van der Waals surface area contributed by atoms with Crippen LogP contribution in [0.3, 0.4) is 0 Å². The lowest BCUT2D eigenvalue weighted by atomic mass is 10.2. The number of hydrogen-bond acceptors (Lipinski definition) is 5. The minimum Gasteiger partial charge on any atom is -0.476 e. The number of thiazole rings is 1. The maximum Gasteiger partial charge on any atom is 0.357 e. The molecule has 16 heavy (non-hydrogen) atoms. The zero-order valence-corrected chi connectivity index (χ0v) is 10.5. The fraction of sp³-hybridized carbons (Fsp3) is 0.600. The molecule has 0 amide bonds. The van der Waals surface area contributed by atoms with Crippen molar-refractivity contribution >= 4 is 22.3 Å². The molecule has 0 aromatic carbocycles. The monoisotopic (exact) mass is 243 g/mol. The first-order valence-electron chi connectivity index (χ1n) is 5.08. The summed E-state index contributed by atoms with van der Waals surface area (Å²) in [6.45, 7) is 3.00. The van der Waals surface area contributed by atoms with Gasteiger partial charge in [-0.3, -0.25) is 0 Å². The lowest BCUT2D eigenvalue weighted by molar-refractivity contribution is 0.0692. The van der Waals surface area contributed by atoms with Gasteiger partial charge >= 0.3 is 5.97 Å². The summed E-state index contributed by atoms with van der Waals surface area (Å²) in [5.41, 5.74) is 1.66. The van der Waals surface area contributed by atoms with Gasteiger partial charge in [-0.05, 0) is 34.0 Å². The fourth-order valence-electron chi connectivity index (χ4n) is 1.25. The number of nitrogens with one attached hydrogen (secondary N) is 1. The van der Waals surface area contributed by atoms with E-state index in [0.717, 1.165) is 13.0 Å². The van der Waals surface area contributed by atoms with E-state index >= 15 is 0 Å². The molecular formula is C10H17N3O2S. The summed E-state index contributed by atoms with van der Waals surface area (Å²) in [7, 11) is 4.03. The summed E-state index contributed by atoms with van der Waals surface area (Å²) in [6, 6.07) is 0.237. The summed E-state index contributed by atoms with van der Waals surface area (Å²) in [4.78, 5) is 16.7. The van der Waals surface area contributed by atoms with E-state index in [9.17, 15) is 4.79 Å². The van der Waals surface area contributed by atoms with Crippen LogP contribution in [0.4, 0.5) is 5.00 Å². The van der Waals surface area contributed by atoms with Crippen LogP contribution < -0.4 is 5.32 Å². The maximum absolute atomic E-state index is 10.8. The second kappa shape index (κ2) is 5.81. The minimum absolute atomic E-state index is 0.113. The van der Waals surface area contributed by atoms with Gasteiger partial charge in [0.05, 0.1) is 5.51 Å². The Hall–Kier alpha value is -1.14. The van der Waals surface area contributed by atoms with E-state index in [1.54, 1.807) is 5.51 Å². The van der Waals surface area contributed by atoms with Crippen LogP contribution in [0.1, 0.15) is 23.8 Å². The van der Waals surface area contributed by atoms with Gasteiger partial charge < -0.3 is 15.3 Å². The Morgan fingerprint density at radius 3 is 2.94 bits per heavy atom. The number of aromatic carboxylic acids is 1. The Balaban J connectivity index is 2.52. The number of carbonyl (C=O) groups is 1. The quantitative estimate of drug-likeness (QED) is 0.794. The Kier molecular flexibility index (Phi) is 4.70. The highest BCUT2D eigenvalue weighted by atomic mass is 32.1. The highest BCUT2D eigenvalue weighted by Gasteiger charge is 2.14. The van der Waals surface area contributed by atoms with Crippen LogP contribution in [0.5, 0.6) is 0 Å². The van der Waals surface area contributed by atoms with E-state index in [4.69, 9.17) is 5.11 Å². The van der Waals surface area contributed by atoms with Gasteiger partial charge in [-0.15, -0.1) is 11.3 Å². The predicted octanol–water partition coefficient (Wildman–Crippen LogP) is 1.59. The van der Waals surface area contributed by atoms with E-state index in [0.29, 0.717) is 5.00 Å². The van der Waals surface area contributed by atoms with Crippen LogP contribution in [-0.4, -0.2) is 47.6 Å². The largest absolute Gasteiger partial charge is 0.476 e. The first-order chi connectivity index (χ1) is 7.50. The van der Waals surface area contributed by atoms with E-state index < -0.39 is 5.97 Å². The number of anilines is 1. The van der Waals surface area contributed by atoms with Crippen molar-refractivity contribution in [1.29, 1.82) is 0 Å². The third kappa shape index (κ3) is 3.79. The molecule has 2 N–H and O–H groups in total. The number of carboxylic acid groups (broad SMARTS) is 1. The smallest absolute Gasteiger partial charge is 0.357 e. The third-order valence-corrected chi connectivity index (χ3v) is 2.91. The summed E-state index contributed by atoms with van der Waals surface area (Å²) in [5.74, 6) is -0.983. The van der Waals surface area contributed by atoms with Crippen LogP contribution in [-0.2, 0) is 0 Å². The second-order valence-electron chi connectivity index (χ2n) is 3.97. The molecule has 0 radical (unpaired) electrons. The highest BCUT2D eigenvalue weighted by molar-refractivity contribution is 7.14. The van der Waals surface area contributed by atoms with Gasteiger partial charge in [0.25, 0.3) is 0 Å². The average molecular weight is 243 g/mol. The minimum atomic E-state index is -0.983. The van der Waals surface area contributed by atoms with Crippen molar-refractivity contribution in [2.75, 3.05) is 26.0 Å². The van der Waals surface area contributed by atoms with Crippen molar-refractivity contribution in [2.45, 2.75) is 19.4 Å². The van der Waals surface area contributed by atoms with Gasteiger partial charge in [-0.1, -0.05) is 0 Å². The molecule has 90 valence electrons. The van der Waals surface area contributed by atoms with Crippen LogP contribution in [0.15, 0.2) is 5.51 Å². The molecule has 0 aliphatic rings. The molecule has 0 aliphatic carbocycles. The lowest BCUT2D eigenvalue weighted by Gasteiger charge is -2.16. The van der Waals surface area contributed by atoms with E-state index in [1.165, 1.54) is 11.3 Å². The van der Waals surface area contributed by atoms with Crippen molar-refractivity contribution in [3.8, 4) is 0 Å². The van der Waals surface area contributed by atoms with Gasteiger partial charge in [-0.2, -0.15) is 0 Å². The molecule has 1 aromatic rings. The van der Waals surface area contributed by atoms with Gasteiger partial charge in [0, 0.05) is 6.04 Å². The molecule has 0 saturated heterocycles. The number of carboxylic acids is 1. The maximum atomic E-state index is 10.8. The molecule has 1 atom stereocenters. The predicted molar refractivity (Wildman–Crippen MR) is 65.3 cm³/mol. The molecule has 1 unspecified atom stereocenters. The first-order valence-corrected chi connectivity index (χ1v) is 5.96. The number of hydrogen-bond donors (Lipinski definition) is 2. The van der Waals surface area contributed by atoms with Gasteiger partial charge in [0.15, 0.2) is 5.69 Å². The Labute approximate surface area is 99.1 Å². The summed E-state index contributed by atoms with van der Waals surface area (Å²) < 4.78 is 0. The van der Waals surface area contributed by atoms with Crippen molar-refractivity contribution < 1.29 is 9.90 Å². The topological polar surface area (TPSA) is 65.5 Å². The molecule has 0 aliphatic heterocycles. The molecule has 6 heteroatoms. The van der Waals surface area contributed by atoms with E-state index in [1.807, 2.05) is 21.0 Å². The Morgan fingerprint density at radius 2 is 2.38 bits per heavy atom. The SMILES string of the molecule is CC(CCN(C)C)Nc1scnc1C(=O)O. The Bertz CT molecular complexity index is 352. The Morgan fingerprint density at radius 1 is 1.69 bits per heavy atom. The highest BCUT2D eigenvalue weighted by Crippen LogP contribution is 2.21. The molecule has 0 fully saturated rings. The zero-order valence-electron chi connectivity index (χ0n) is 9.73. The number of nitrogens with zero attached hydrogens (tertiary/aromatic N) is 2. The number of rotatable bonds is 6. The van der Waals surface area contributed by atoms with Crippen molar-refractivity contribution in [1.82, 2.24) is 9.88 Å². The number of aromatic nitrogens is 1. The van der Waals surface area contributed by atoms with Gasteiger partial charge in [0.2, 0.25) is 0 Å². The third-order valence-electron chi connectivity index (χ3n) is 2.16. The fourth-order valence-corrected chi connectivity index (χ4v) is 2.03. The summed E-state index contributed by atoms with van der Waals surface area (Å²) in [6.07, 6.45) is 0.962. The lowest BCUT2D eigenvalue weighted by Crippen LogP contribution is -2.23. The summed E-state index contributed by atoms with van der Waals surface area (Å²) >= 11 is 1.32. The summed E-state index contributed by atoms with van der Waals surface area (Å²) in [5, 5.41) is 12.7. The molecule has 1 rings (SSSR count). The van der Waals surface area contributed by atoms with Gasteiger partial charge in [-0.25, -0.2) is 9.78 Å². The van der Waals surface area contributed by atoms with Crippen molar-refractivity contribution in [2.24, 2.45) is 0 Å². The molecule has 1 heterocycles. The van der Waals surface area contributed by atoms with Crippen LogP contribution in [0, 0.1) is 0 Å². The van der Waals surface area contributed by atoms with Crippen LogP contribution in [0.25, 0.3) is 0 Å². The standard InChI is InChI=1S/C10H17N3O2S/c1-7(4-5-13(2)3)12-9-8(10(14)15)11-6-16-9/h6-7,12H,4-5H2,1-3H3,(H,14,15). The van der Waals surface area contributed by atoms with Crippen molar-refractivity contribution in [3.05, 3.63) is 11.2 Å². The van der Waals surface area contributed by atoms with Gasteiger partial charge in [0.1, 0.15) is 5.00 Å². The molecule has 0 bridgehead atoms. The second-order valence-corrected chi connectivity index (χ2v) is 4.83. The zero-order chi connectivity index (χ0) is 12.1. The average Bonchev–Trinajstić information content (AvgIpc) is 2.62. The molecule has 0 spiro atoms. The van der Waals surface area contributed by atoms with E-state index in [2.05, 4.69) is 15.2 Å². The molecule has 5 nitrogen and oxygen atoms in total. The molecule has 1 aromatic heterocycles. The molecular weight excluding hydrogens is 226 g/mol. The molecule has 0 saturated carbocycles.